The topological polar surface area (TPSA) is 71.8 Å². The van der Waals surface area contributed by atoms with Crippen LogP contribution in [-0.4, -0.2) is 15.2 Å². The maximum atomic E-state index is 11.3. The minimum absolute atomic E-state index is 0.0996. The van der Waals surface area contributed by atoms with Crippen LogP contribution in [0.5, 0.6) is 0 Å². The smallest absolute Gasteiger partial charge is 0.251 e. The summed E-state index contributed by atoms with van der Waals surface area (Å²) in [7, 11) is 0. The van der Waals surface area contributed by atoms with Crippen LogP contribution in [-0.2, 0) is 12.3 Å². The molecule has 5 heteroatoms. The second kappa shape index (κ2) is 5.50. The molecule has 4 nitrogen and oxygen atoms in total. The molecule has 1 saturated carbocycles. The van der Waals surface area contributed by atoms with Gasteiger partial charge in [0.1, 0.15) is 5.82 Å². The number of aromatic amines is 1. The van der Waals surface area contributed by atoms with Crippen LogP contribution in [0.15, 0.2) is 10.9 Å². The summed E-state index contributed by atoms with van der Waals surface area (Å²) in [6, 6.07) is 1.46. The van der Waals surface area contributed by atoms with Crippen LogP contribution in [0.25, 0.3) is 0 Å². The predicted octanol–water partition coefficient (Wildman–Crippen LogP) is 1.40. The van der Waals surface area contributed by atoms with E-state index in [4.69, 9.17) is 5.73 Å². The van der Waals surface area contributed by atoms with E-state index in [0.717, 1.165) is 16.8 Å². The third kappa shape index (κ3) is 3.09. The zero-order chi connectivity index (χ0) is 11.4. The largest absolute Gasteiger partial charge is 0.325 e. The van der Waals surface area contributed by atoms with Crippen LogP contribution in [0.4, 0.5) is 0 Å². The average molecular weight is 239 g/mol. The van der Waals surface area contributed by atoms with Gasteiger partial charge in [0, 0.05) is 17.9 Å². The first kappa shape index (κ1) is 11.7. The van der Waals surface area contributed by atoms with Gasteiger partial charge in [-0.3, -0.25) is 4.79 Å². The van der Waals surface area contributed by atoms with Crippen LogP contribution in [0.2, 0.25) is 0 Å². The molecule has 1 aliphatic carbocycles. The van der Waals surface area contributed by atoms with E-state index in [0.29, 0.717) is 12.2 Å². The summed E-state index contributed by atoms with van der Waals surface area (Å²) >= 11 is 1.89. The summed E-state index contributed by atoms with van der Waals surface area (Å²) in [5.41, 5.74) is 6.06. The van der Waals surface area contributed by atoms with Crippen LogP contribution in [0.3, 0.4) is 0 Å². The maximum absolute atomic E-state index is 11.3. The van der Waals surface area contributed by atoms with E-state index in [1.807, 2.05) is 11.8 Å². The number of nitrogens with one attached hydrogen (secondary N) is 1. The van der Waals surface area contributed by atoms with E-state index in [2.05, 4.69) is 9.97 Å². The molecule has 1 aliphatic rings. The van der Waals surface area contributed by atoms with E-state index in [-0.39, 0.29) is 5.56 Å². The van der Waals surface area contributed by atoms with E-state index in [1.54, 1.807) is 0 Å². The Bertz CT molecular complexity index is 398. The van der Waals surface area contributed by atoms with Gasteiger partial charge in [-0.15, -0.1) is 0 Å². The van der Waals surface area contributed by atoms with Gasteiger partial charge in [-0.2, -0.15) is 11.8 Å². The highest BCUT2D eigenvalue weighted by Gasteiger charge is 2.15. The lowest BCUT2D eigenvalue weighted by atomic mass is 10.4. The SMILES string of the molecule is NCc1cc(=O)[nH]c(CSC2CCCC2)n1. The molecular weight excluding hydrogens is 222 g/mol. The molecule has 1 fully saturated rings. The number of hydrogen-bond acceptors (Lipinski definition) is 4. The fourth-order valence-corrected chi connectivity index (χ4v) is 3.18. The second-order valence-corrected chi connectivity index (χ2v) is 5.39. The van der Waals surface area contributed by atoms with E-state index < -0.39 is 0 Å². The van der Waals surface area contributed by atoms with Gasteiger partial charge in [-0.25, -0.2) is 4.98 Å². The predicted molar refractivity (Wildman–Crippen MR) is 66.3 cm³/mol. The molecule has 88 valence electrons. The van der Waals surface area contributed by atoms with Crippen LogP contribution in [0.1, 0.15) is 37.2 Å². The summed E-state index contributed by atoms with van der Waals surface area (Å²) in [6.45, 7) is 0.324. The molecule has 2 rings (SSSR count). The minimum atomic E-state index is -0.0996. The fourth-order valence-electron chi connectivity index (χ4n) is 1.99. The second-order valence-electron chi connectivity index (χ2n) is 4.11. The lowest BCUT2D eigenvalue weighted by Crippen LogP contribution is -2.14. The Labute approximate surface area is 99.0 Å². The first-order chi connectivity index (χ1) is 7.78. The summed E-state index contributed by atoms with van der Waals surface area (Å²) in [5.74, 6) is 1.54. The van der Waals surface area contributed by atoms with Crippen LogP contribution in [0, 0.1) is 0 Å². The normalized spacial score (nSPS) is 16.8. The maximum Gasteiger partial charge on any atom is 0.251 e. The van der Waals surface area contributed by atoms with Crippen molar-refractivity contribution in [1.82, 2.24) is 9.97 Å². The number of aromatic nitrogens is 2. The quantitative estimate of drug-likeness (QED) is 0.833. The molecule has 3 N–H and O–H groups in total. The average Bonchev–Trinajstić information content (AvgIpc) is 2.78. The first-order valence-corrected chi connectivity index (χ1v) is 6.73. The summed E-state index contributed by atoms with van der Waals surface area (Å²) in [4.78, 5) is 18.4. The zero-order valence-corrected chi connectivity index (χ0v) is 10.1. The third-order valence-electron chi connectivity index (χ3n) is 2.81. The molecule has 0 aliphatic heterocycles. The zero-order valence-electron chi connectivity index (χ0n) is 9.24. The van der Waals surface area contributed by atoms with Crippen molar-refractivity contribution in [2.24, 2.45) is 5.73 Å². The Kier molecular flexibility index (Phi) is 4.01. The van der Waals surface area contributed by atoms with Crippen molar-refractivity contribution in [2.75, 3.05) is 0 Å². The highest BCUT2D eigenvalue weighted by Crippen LogP contribution is 2.30. The number of thioether (sulfide) groups is 1. The van der Waals surface area contributed by atoms with Crippen LogP contribution < -0.4 is 11.3 Å². The van der Waals surface area contributed by atoms with Gasteiger partial charge in [0.2, 0.25) is 0 Å². The molecule has 0 aromatic carbocycles. The first-order valence-electron chi connectivity index (χ1n) is 5.68. The molecule has 0 amide bonds. The molecule has 0 bridgehead atoms. The lowest BCUT2D eigenvalue weighted by Gasteiger charge is -2.08. The van der Waals surface area contributed by atoms with Gasteiger partial charge >= 0.3 is 0 Å². The molecule has 0 saturated heterocycles. The standard InChI is InChI=1S/C11H17N3OS/c12-6-8-5-11(15)14-10(13-8)7-16-9-3-1-2-4-9/h5,9H,1-4,6-7,12H2,(H,13,14,15). The third-order valence-corrected chi connectivity index (χ3v) is 4.19. The molecule has 0 radical (unpaired) electrons. The van der Waals surface area contributed by atoms with Crippen molar-refractivity contribution in [2.45, 2.75) is 43.2 Å². The van der Waals surface area contributed by atoms with Gasteiger partial charge in [-0.05, 0) is 12.8 Å². The number of H-pyrrole nitrogens is 1. The molecule has 16 heavy (non-hydrogen) atoms. The van der Waals surface area contributed by atoms with Crippen molar-refractivity contribution in [3.63, 3.8) is 0 Å². The van der Waals surface area contributed by atoms with E-state index in [1.165, 1.54) is 31.7 Å². The minimum Gasteiger partial charge on any atom is -0.325 e. The highest BCUT2D eigenvalue weighted by molar-refractivity contribution is 7.99. The Morgan fingerprint density at radius 2 is 2.25 bits per heavy atom. The summed E-state index contributed by atoms with van der Waals surface area (Å²) < 4.78 is 0. The highest BCUT2D eigenvalue weighted by atomic mass is 32.2. The van der Waals surface area contributed by atoms with Gasteiger partial charge in [0.15, 0.2) is 0 Å². The fraction of sp³-hybridized carbons (Fsp3) is 0.636. The number of hydrogen-bond donors (Lipinski definition) is 2. The number of nitrogens with two attached hydrogens (primary N) is 1. The number of nitrogens with zero attached hydrogens (tertiary/aromatic N) is 1. The lowest BCUT2D eigenvalue weighted by molar-refractivity contribution is 0.884. The van der Waals surface area contributed by atoms with Gasteiger partial charge in [0.05, 0.1) is 11.4 Å². The Morgan fingerprint density at radius 1 is 1.50 bits per heavy atom. The Morgan fingerprint density at radius 3 is 2.94 bits per heavy atom. The van der Waals surface area contributed by atoms with Gasteiger partial charge in [0.25, 0.3) is 5.56 Å². The van der Waals surface area contributed by atoms with Gasteiger partial charge < -0.3 is 10.7 Å². The van der Waals surface area contributed by atoms with E-state index in [9.17, 15) is 4.79 Å². The van der Waals surface area contributed by atoms with Crippen molar-refractivity contribution in [3.8, 4) is 0 Å². The van der Waals surface area contributed by atoms with Crippen LogP contribution >= 0.6 is 11.8 Å². The molecule has 0 spiro atoms. The monoisotopic (exact) mass is 239 g/mol. The molecule has 1 aromatic rings. The van der Waals surface area contributed by atoms with Crippen molar-refractivity contribution in [1.29, 1.82) is 0 Å². The van der Waals surface area contributed by atoms with Gasteiger partial charge in [-0.1, -0.05) is 12.8 Å². The Balaban J connectivity index is 1.97. The van der Waals surface area contributed by atoms with Crippen molar-refractivity contribution < 1.29 is 0 Å². The Hall–Kier alpha value is -0.810. The van der Waals surface area contributed by atoms with E-state index >= 15 is 0 Å². The van der Waals surface area contributed by atoms with Crippen molar-refractivity contribution >= 4 is 11.8 Å². The van der Waals surface area contributed by atoms with Crippen molar-refractivity contribution in [3.05, 3.63) is 27.9 Å². The molecular formula is C11H17N3OS. The molecule has 0 atom stereocenters. The molecule has 1 aromatic heterocycles. The summed E-state index contributed by atoms with van der Waals surface area (Å²) in [5, 5.41) is 0.742. The summed E-state index contributed by atoms with van der Waals surface area (Å²) in [6.07, 6.45) is 5.27. The number of rotatable bonds is 4. The molecule has 1 heterocycles. The molecule has 0 unspecified atom stereocenters.